The first-order chi connectivity index (χ1) is 8.54. The second kappa shape index (κ2) is 5.57. The maximum absolute atomic E-state index is 11.6. The van der Waals surface area contributed by atoms with E-state index < -0.39 is 0 Å². The molecule has 2 aliphatic heterocycles. The lowest BCUT2D eigenvalue weighted by Crippen LogP contribution is -2.56. The van der Waals surface area contributed by atoms with Crippen LogP contribution in [0.25, 0.3) is 0 Å². The SMILES string of the molecule is CNC(=O)C1CCN(C2CCNCC2(C)C)CC1. The summed E-state index contributed by atoms with van der Waals surface area (Å²) in [6.07, 6.45) is 3.26. The number of nitrogens with zero attached hydrogens (tertiary/aromatic N) is 1. The largest absolute Gasteiger partial charge is 0.359 e. The van der Waals surface area contributed by atoms with Gasteiger partial charge in [0.1, 0.15) is 0 Å². The number of likely N-dealkylation sites (tertiary alicyclic amines) is 1. The van der Waals surface area contributed by atoms with Gasteiger partial charge in [0.05, 0.1) is 0 Å². The molecule has 0 aromatic carbocycles. The van der Waals surface area contributed by atoms with E-state index >= 15 is 0 Å². The second-order valence-electron chi connectivity index (χ2n) is 6.39. The van der Waals surface area contributed by atoms with Gasteiger partial charge >= 0.3 is 0 Å². The van der Waals surface area contributed by atoms with Crippen LogP contribution < -0.4 is 10.6 Å². The Hall–Kier alpha value is -0.610. The van der Waals surface area contributed by atoms with E-state index in [0.29, 0.717) is 11.5 Å². The molecule has 1 amide bonds. The topological polar surface area (TPSA) is 44.4 Å². The Labute approximate surface area is 110 Å². The summed E-state index contributed by atoms with van der Waals surface area (Å²) < 4.78 is 0. The van der Waals surface area contributed by atoms with Crippen LogP contribution in [0.15, 0.2) is 0 Å². The summed E-state index contributed by atoms with van der Waals surface area (Å²) in [6.45, 7) is 9.10. The molecule has 2 heterocycles. The number of carbonyl (C=O) groups is 1. The fourth-order valence-corrected chi connectivity index (χ4v) is 3.51. The van der Waals surface area contributed by atoms with Gasteiger partial charge in [-0.1, -0.05) is 13.8 Å². The van der Waals surface area contributed by atoms with E-state index in [1.807, 2.05) is 0 Å². The van der Waals surface area contributed by atoms with Gasteiger partial charge in [0.15, 0.2) is 0 Å². The van der Waals surface area contributed by atoms with Crippen molar-refractivity contribution in [3.63, 3.8) is 0 Å². The van der Waals surface area contributed by atoms with E-state index in [-0.39, 0.29) is 11.8 Å². The van der Waals surface area contributed by atoms with Crippen LogP contribution in [0.1, 0.15) is 33.1 Å². The Morgan fingerprint density at radius 3 is 2.50 bits per heavy atom. The Kier molecular flexibility index (Phi) is 4.28. The summed E-state index contributed by atoms with van der Waals surface area (Å²) in [4.78, 5) is 14.2. The summed E-state index contributed by atoms with van der Waals surface area (Å²) in [6, 6.07) is 0.671. The molecule has 0 aromatic heterocycles. The molecule has 0 radical (unpaired) electrons. The zero-order valence-corrected chi connectivity index (χ0v) is 12.0. The van der Waals surface area contributed by atoms with Crippen molar-refractivity contribution in [1.82, 2.24) is 15.5 Å². The third-order valence-electron chi connectivity index (χ3n) is 4.66. The number of hydrogen-bond donors (Lipinski definition) is 2. The van der Waals surface area contributed by atoms with Crippen molar-refractivity contribution < 1.29 is 4.79 Å². The van der Waals surface area contributed by atoms with Gasteiger partial charge in [-0.25, -0.2) is 0 Å². The average Bonchev–Trinajstić information content (AvgIpc) is 2.37. The Balaban J connectivity index is 1.91. The lowest BCUT2D eigenvalue weighted by atomic mass is 9.78. The minimum absolute atomic E-state index is 0.222. The van der Waals surface area contributed by atoms with Gasteiger partial charge in [0.2, 0.25) is 5.91 Å². The standard InChI is InChI=1S/C14H27N3O/c1-14(2)10-16-7-4-12(14)17-8-5-11(6-9-17)13(18)15-3/h11-12,16H,4-10H2,1-3H3,(H,15,18). The zero-order valence-electron chi connectivity index (χ0n) is 12.0. The highest BCUT2D eigenvalue weighted by atomic mass is 16.1. The van der Waals surface area contributed by atoms with Gasteiger partial charge in [0.25, 0.3) is 0 Å². The molecule has 1 unspecified atom stereocenters. The van der Waals surface area contributed by atoms with Crippen LogP contribution in [0.4, 0.5) is 0 Å². The van der Waals surface area contributed by atoms with Crippen LogP contribution in [0.2, 0.25) is 0 Å². The summed E-state index contributed by atoms with van der Waals surface area (Å²) in [5, 5.41) is 6.27. The van der Waals surface area contributed by atoms with E-state index in [9.17, 15) is 4.79 Å². The van der Waals surface area contributed by atoms with Crippen molar-refractivity contribution in [2.75, 3.05) is 33.2 Å². The Morgan fingerprint density at radius 1 is 1.28 bits per heavy atom. The highest BCUT2D eigenvalue weighted by Crippen LogP contribution is 2.32. The van der Waals surface area contributed by atoms with Gasteiger partial charge in [0, 0.05) is 25.6 Å². The molecule has 18 heavy (non-hydrogen) atoms. The fraction of sp³-hybridized carbons (Fsp3) is 0.929. The number of piperidine rings is 2. The molecule has 0 saturated carbocycles. The molecule has 2 saturated heterocycles. The van der Waals surface area contributed by atoms with Crippen molar-refractivity contribution in [3.8, 4) is 0 Å². The maximum Gasteiger partial charge on any atom is 0.222 e. The quantitative estimate of drug-likeness (QED) is 0.766. The number of amides is 1. The first-order valence-electron chi connectivity index (χ1n) is 7.21. The van der Waals surface area contributed by atoms with Crippen molar-refractivity contribution in [3.05, 3.63) is 0 Å². The van der Waals surface area contributed by atoms with Crippen LogP contribution in [-0.4, -0.2) is 50.1 Å². The third kappa shape index (κ3) is 2.86. The van der Waals surface area contributed by atoms with Gasteiger partial charge in [-0.15, -0.1) is 0 Å². The fourth-order valence-electron chi connectivity index (χ4n) is 3.51. The molecule has 2 N–H and O–H groups in total. The van der Waals surface area contributed by atoms with E-state index in [2.05, 4.69) is 29.4 Å². The van der Waals surface area contributed by atoms with Crippen LogP contribution in [0.5, 0.6) is 0 Å². The van der Waals surface area contributed by atoms with Crippen molar-refractivity contribution in [2.45, 2.75) is 39.2 Å². The second-order valence-corrected chi connectivity index (χ2v) is 6.39. The first kappa shape index (κ1) is 13.8. The van der Waals surface area contributed by atoms with E-state index in [0.717, 1.165) is 39.0 Å². The van der Waals surface area contributed by atoms with Crippen LogP contribution >= 0.6 is 0 Å². The van der Waals surface area contributed by atoms with Gasteiger partial charge in [-0.3, -0.25) is 9.69 Å². The summed E-state index contributed by atoms with van der Waals surface area (Å²) in [5.41, 5.74) is 0.345. The molecule has 4 nitrogen and oxygen atoms in total. The van der Waals surface area contributed by atoms with Crippen LogP contribution in [-0.2, 0) is 4.79 Å². The summed E-state index contributed by atoms with van der Waals surface area (Å²) >= 11 is 0. The molecule has 0 bridgehead atoms. The molecule has 104 valence electrons. The Bertz CT molecular complexity index is 295. The molecular weight excluding hydrogens is 226 g/mol. The summed E-state index contributed by atoms with van der Waals surface area (Å²) in [7, 11) is 1.74. The summed E-state index contributed by atoms with van der Waals surface area (Å²) in [5.74, 6) is 0.454. The monoisotopic (exact) mass is 253 g/mol. The van der Waals surface area contributed by atoms with E-state index in [1.54, 1.807) is 7.05 Å². The highest BCUT2D eigenvalue weighted by Gasteiger charge is 2.38. The minimum atomic E-state index is 0.222. The predicted molar refractivity (Wildman–Crippen MR) is 73.4 cm³/mol. The number of nitrogens with one attached hydrogen (secondary N) is 2. The predicted octanol–water partition coefficient (Wildman–Crippen LogP) is 0.833. The van der Waals surface area contributed by atoms with Crippen LogP contribution in [0, 0.1) is 11.3 Å². The van der Waals surface area contributed by atoms with Gasteiger partial charge in [-0.05, 0) is 44.3 Å². The normalized spacial score (nSPS) is 30.1. The molecule has 4 heteroatoms. The third-order valence-corrected chi connectivity index (χ3v) is 4.66. The number of hydrogen-bond acceptors (Lipinski definition) is 3. The molecule has 2 aliphatic rings. The molecule has 0 aliphatic carbocycles. The van der Waals surface area contributed by atoms with E-state index in [4.69, 9.17) is 0 Å². The molecule has 0 aromatic rings. The molecule has 2 rings (SSSR count). The van der Waals surface area contributed by atoms with Gasteiger partial charge < -0.3 is 10.6 Å². The average molecular weight is 253 g/mol. The lowest BCUT2D eigenvalue weighted by molar-refractivity contribution is -0.126. The molecular formula is C14H27N3O. The maximum atomic E-state index is 11.6. The van der Waals surface area contributed by atoms with E-state index in [1.165, 1.54) is 6.42 Å². The smallest absolute Gasteiger partial charge is 0.222 e. The number of carbonyl (C=O) groups excluding carboxylic acids is 1. The van der Waals surface area contributed by atoms with Crippen molar-refractivity contribution in [2.24, 2.45) is 11.3 Å². The Morgan fingerprint density at radius 2 is 1.94 bits per heavy atom. The first-order valence-corrected chi connectivity index (χ1v) is 7.21. The molecule has 0 spiro atoms. The minimum Gasteiger partial charge on any atom is -0.359 e. The lowest BCUT2D eigenvalue weighted by Gasteiger charge is -2.47. The van der Waals surface area contributed by atoms with Crippen LogP contribution in [0.3, 0.4) is 0 Å². The molecule has 1 atom stereocenters. The molecule has 2 fully saturated rings. The highest BCUT2D eigenvalue weighted by molar-refractivity contribution is 5.78. The van der Waals surface area contributed by atoms with Gasteiger partial charge in [-0.2, -0.15) is 0 Å². The van der Waals surface area contributed by atoms with Crippen molar-refractivity contribution >= 4 is 5.91 Å². The van der Waals surface area contributed by atoms with Crippen molar-refractivity contribution in [1.29, 1.82) is 0 Å². The number of rotatable bonds is 2. The zero-order chi connectivity index (χ0) is 13.2.